The Kier molecular flexibility index (Phi) is 11.0. The Morgan fingerprint density at radius 2 is 0.625 bits per heavy atom. The smallest absolute Gasteiger partial charge is 0.336 e. The number of aromatic carboxylic acids is 2. The van der Waals surface area contributed by atoms with Gasteiger partial charge in [0.2, 0.25) is 0 Å². The van der Waals surface area contributed by atoms with E-state index in [0.717, 1.165) is 66.1 Å². The van der Waals surface area contributed by atoms with Crippen LogP contribution in [-0.4, -0.2) is 22.2 Å². The molecule has 0 saturated heterocycles. The molecule has 0 bridgehead atoms. The monoisotopic (exact) mass is 930 g/mol. The third-order valence-electron chi connectivity index (χ3n) is 13.5. The largest absolute Gasteiger partial charge is 0.478 e. The van der Waals surface area contributed by atoms with Gasteiger partial charge in [-0.15, -0.1) is 0 Å². The molecule has 342 valence electrons. The van der Waals surface area contributed by atoms with Crippen molar-refractivity contribution in [2.24, 2.45) is 0 Å². The van der Waals surface area contributed by atoms with Crippen molar-refractivity contribution in [1.29, 1.82) is 0 Å². The lowest BCUT2D eigenvalue weighted by molar-refractivity contribution is 0.0688. The average molecular weight is 931 g/mol. The summed E-state index contributed by atoms with van der Waals surface area (Å²) < 4.78 is 14.9. The minimum atomic E-state index is -1.04. The highest BCUT2D eigenvalue weighted by atomic mass is 16.5. The van der Waals surface area contributed by atoms with Gasteiger partial charge in [0.15, 0.2) is 0 Å². The van der Waals surface area contributed by atoms with Crippen LogP contribution in [0.15, 0.2) is 243 Å². The van der Waals surface area contributed by atoms with Crippen LogP contribution in [0.1, 0.15) is 20.7 Å². The predicted molar refractivity (Wildman–Crippen MR) is 291 cm³/mol. The average Bonchev–Trinajstić information content (AvgIpc) is 3.43. The molecule has 0 aliphatic carbocycles. The van der Waals surface area contributed by atoms with E-state index in [9.17, 15) is 19.8 Å². The molecule has 0 unspecified atom stereocenters. The second-order valence-corrected chi connectivity index (χ2v) is 17.7. The number of benzene rings is 12. The maximum absolute atomic E-state index is 13.0. The lowest BCUT2D eigenvalue weighted by Gasteiger charge is -2.23. The first-order valence-corrected chi connectivity index (χ1v) is 23.7. The van der Waals surface area contributed by atoms with Crippen molar-refractivity contribution in [2.75, 3.05) is 0 Å². The van der Waals surface area contributed by atoms with E-state index in [1.807, 2.05) is 158 Å². The number of carbonyl (C=O) groups is 2. The molecule has 72 heavy (non-hydrogen) atoms. The predicted octanol–water partition coefficient (Wildman–Crippen LogP) is 17.6. The molecule has 2 N–H and O–H groups in total. The topological polar surface area (TPSA) is 93.1 Å². The Morgan fingerprint density at radius 3 is 0.986 bits per heavy atom. The summed E-state index contributed by atoms with van der Waals surface area (Å²) in [4.78, 5) is 25.9. The van der Waals surface area contributed by atoms with Crippen molar-refractivity contribution >= 4 is 55.0 Å². The Labute approximate surface area is 414 Å². The number of hydrogen-bond donors (Lipinski definition) is 2. The molecule has 0 aliphatic rings. The third kappa shape index (κ3) is 7.83. The number of hydrogen-bond acceptors (Lipinski definition) is 4. The number of rotatable bonds is 11. The summed E-state index contributed by atoms with van der Waals surface area (Å²) in [6.45, 7) is 0. The summed E-state index contributed by atoms with van der Waals surface area (Å²) in [5, 5.41) is 27.3. The van der Waals surface area contributed by atoms with Crippen molar-refractivity contribution in [1.82, 2.24) is 0 Å². The van der Waals surface area contributed by atoms with Crippen LogP contribution in [0, 0.1) is 0 Å². The molecule has 0 heterocycles. The lowest BCUT2D eigenvalue weighted by atomic mass is 9.89. The maximum Gasteiger partial charge on any atom is 0.336 e. The van der Waals surface area contributed by atoms with Crippen molar-refractivity contribution in [3.63, 3.8) is 0 Å². The summed E-state index contributed by atoms with van der Waals surface area (Å²) in [5.74, 6) is -0.0556. The van der Waals surface area contributed by atoms with Gasteiger partial charge in [0.25, 0.3) is 0 Å². The van der Waals surface area contributed by atoms with Gasteiger partial charge in [-0.3, -0.25) is 0 Å². The molecule has 6 heteroatoms. The van der Waals surface area contributed by atoms with E-state index in [2.05, 4.69) is 72.8 Å². The molecule has 0 fully saturated rings. The van der Waals surface area contributed by atoms with Gasteiger partial charge in [0.1, 0.15) is 23.0 Å². The summed E-state index contributed by atoms with van der Waals surface area (Å²) in [7, 11) is 0. The van der Waals surface area contributed by atoms with E-state index in [-0.39, 0.29) is 11.1 Å². The van der Waals surface area contributed by atoms with Gasteiger partial charge in [0, 0.05) is 33.0 Å². The molecule has 12 aromatic carbocycles. The van der Waals surface area contributed by atoms with Crippen molar-refractivity contribution < 1.29 is 29.3 Å². The molecule has 0 spiro atoms. The Morgan fingerprint density at radius 1 is 0.292 bits per heavy atom. The second-order valence-electron chi connectivity index (χ2n) is 17.7. The van der Waals surface area contributed by atoms with Crippen LogP contribution in [0.2, 0.25) is 0 Å². The van der Waals surface area contributed by atoms with Crippen molar-refractivity contribution in [3.05, 3.63) is 254 Å². The molecular weight excluding hydrogens is 889 g/mol. The normalized spacial score (nSPS) is 11.3. The molecular formula is C66H42O6. The first-order chi connectivity index (χ1) is 35.4. The van der Waals surface area contributed by atoms with E-state index in [1.54, 1.807) is 12.1 Å². The molecule has 12 rings (SSSR count). The molecule has 0 aliphatic heterocycles. The van der Waals surface area contributed by atoms with Gasteiger partial charge in [-0.05, 0) is 102 Å². The zero-order chi connectivity index (χ0) is 48.7. The SMILES string of the molecule is O=C(O)c1cc(-c2ccccc2)c(Oc2ccc3cc(-c4ccccc4)ccc3c2-c2c(Oc3c(-c4ccccc4)cc(C(=O)O)c4ccccc34)ccc3cc(-c4ccccc4)ccc23)c2ccccc12. The zero-order valence-electron chi connectivity index (χ0n) is 38.6. The maximum atomic E-state index is 13.0. The van der Waals surface area contributed by atoms with Gasteiger partial charge < -0.3 is 19.7 Å². The molecule has 6 nitrogen and oxygen atoms in total. The quantitative estimate of drug-likeness (QED) is 0.134. The Bertz CT molecular complexity index is 3810. The van der Waals surface area contributed by atoms with E-state index < -0.39 is 11.9 Å². The molecule has 0 aromatic heterocycles. The summed E-state index contributed by atoms with van der Waals surface area (Å²) in [6.07, 6.45) is 0. The first-order valence-electron chi connectivity index (χ1n) is 23.7. The number of carboxylic acids is 2. The van der Waals surface area contributed by atoms with Gasteiger partial charge in [-0.1, -0.05) is 206 Å². The van der Waals surface area contributed by atoms with Crippen LogP contribution < -0.4 is 9.47 Å². The van der Waals surface area contributed by atoms with Crippen molar-refractivity contribution in [3.8, 4) is 78.6 Å². The first kappa shape index (κ1) is 43.5. The van der Waals surface area contributed by atoms with E-state index >= 15 is 0 Å². The van der Waals surface area contributed by atoms with Crippen LogP contribution in [0.3, 0.4) is 0 Å². The van der Waals surface area contributed by atoms with Crippen molar-refractivity contribution in [2.45, 2.75) is 0 Å². The highest BCUT2D eigenvalue weighted by Crippen LogP contribution is 2.52. The molecule has 12 aromatic rings. The van der Waals surface area contributed by atoms with Gasteiger partial charge >= 0.3 is 11.9 Å². The standard InChI is InChI=1S/C66H42O6/c67-65(68)57-39-55(43-21-9-3-10-22-43)63(53-27-15-13-25-51(53)57)71-59-35-31-47-37-45(41-17-5-1-6-18-41)29-33-49(47)61(59)62-50-34-30-46(42-19-7-2-8-20-42)38-48(50)32-36-60(62)72-64-54-28-16-14-26-52(54)58(66(69)70)40-56(64)44-23-11-4-12-24-44/h1-40H,(H,67,68)(H,69,70). The number of fused-ring (bicyclic) bond motifs is 4. The summed E-state index contributed by atoms with van der Waals surface area (Å²) >= 11 is 0. The van der Waals surface area contributed by atoms with Gasteiger partial charge in [-0.25, -0.2) is 9.59 Å². The van der Waals surface area contributed by atoms with Crippen LogP contribution >= 0.6 is 0 Å². The number of ether oxygens (including phenoxy) is 2. The van der Waals surface area contributed by atoms with E-state index in [4.69, 9.17) is 9.47 Å². The molecule has 0 amide bonds. The highest BCUT2D eigenvalue weighted by Gasteiger charge is 2.26. The van der Waals surface area contributed by atoms with Crippen LogP contribution in [0.5, 0.6) is 23.0 Å². The minimum Gasteiger partial charge on any atom is -0.478 e. The number of carboxylic acid groups (broad SMARTS) is 2. The van der Waals surface area contributed by atoms with Crippen LogP contribution in [-0.2, 0) is 0 Å². The second kappa shape index (κ2) is 18.3. The van der Waals surface area contributed by atoms with Crippen LogP contribution in [0.4, 0.5) is 0 Å². The minimum absolute atomic E-state index is 0.165. The lowest BCUT2D eigenvalue weighted by Crippen LogP contribution is -2.02. The summed E-state index contributed by atoms with van der Waals surface area (Å²) in [5.41, 5.74) is 8.90. The van der Waals surface area contributed by atoms with Gasteiger partial charge in [0.05, 0.1) is 11.1 Å². The Hall–Kier alpha value is -9.78. The van der Waals surface area contributed by atoms with E-state index in [0.29, 0.717) is 55.7 Å². The molecule has 0 atom stereocenters. The molecule has 0 radical (unpaired) electrons. The molecule has 0 saturated carbocycles. The fourth-order valence-corrected chi connectivity index (χ4v) is 10.1. The van der Waals surface area contributed by atoms with Gasteiger partial charge in [-0.2, -0.15) is 0 Å². The highest BCUT2D eigenvalue weighted by molar-refractivity contribution is 6.14. The zero-order valence-corrected chi connectivity index (χ0v) is 38.6. The van der Waals surface area contributed by atoms with E-state index in [1.165, 1.54) is 0 Å². The fourth-order valence-electron chi connectivity index (χ4n) is 10.1. The Balaban J connectivity index is 1.18. The summed E-state index contributed by atoms with van der Waals surface area (Å²) in [6, 6.07) is 79.3. The third-order valence-corrected chi connectivity index (χ3v) is 13.5. The fraction of sp³-hybridized carbons (Fsp3) is 0. The van der Waals surface area contributed by atoms with Crippen LogP contribution in [0.25, 0.3) is 98.7 Å².